The van der Waals surface area contributed by atoms with E-state index >= 15 is 0 Å². The molecule has 0 amide bonds. The first-order chi connectivity index (χ1) is 7.24. The highest BCUT2D eigenvalue weighted by Gasteiger charge is 2.28. The van der Waals surface area contributed by atoms with Gasteiger partial charge in [-0.1, -0.05) is 0 Å². The molecule has 1 aromatic heterocycles. The smallest absolute Gasteiger partial charge is 0.347 e. The van der Waals surface area contributed by atoms with Crippen LogP contribution < -0.4 is 5.69 Å². The topological polar surface area (TPSA) is 72.2 Å². The molecular weight excluding hydrogens is 208 g/mol. The lowest BCUT2D eigenvalue weighted by Gasteiger charge is -2.21. The Labute approximate surface area is 93.8 Å². The largest absolute Gasteiger partial charge is 0.481 e. The van der Waals surface area contributed by atoms with Crippen LogP contribution in [0.2, 0.25) is 0 Å². The number of rotatable bonds is 3. The summed E-state index contributed by atoms with van der Waals surface area (Å²) in [5.41, 5.74) is -0.00329. The van der Waals surface area contributed by atoms with Gasteiger partial charge in [-0.15, -0.1) is 0 Å². The predicted molar refractivity (Wildman–Crippen MR) is 59.4 cm³/mol. The second kappa shape index (κ2) is 4.08. The van der Waals surface area contributed by atoms with Gasteiger partial charge in [-0.25, -0.2) is 4.79 Å². The standard InChI is InChI=1S/C11H16N2O3/c1-7-5-8(2)13(10(16)12-7)6-11(3,4)9(14)15/h5H,6H2,1-4H3,(H,14,15). The SMILES string of the molecule is Cc1cc(C)n(CC(C)(C)C(=O)O)c(=O)n1. The number of carboxylic acids is 1. The Hall–Kier alpha value is -1.65. The fourth-order valence-electron chi connectivity index (χ4n) is 1.43. The second-order valence-electron chi connectivity index (χ2n) is 4.60. The molecular formula is C11H16N2O3. The van der Waals surface area contributed by atoms with Crippen LogP contribution in [0.1, 0.15) is 25.2 Å². The Bertz CT molecular complexity index is 475. The predicted octanol–water partition coefficient (Wildman–Crippen LogP) is 0.971. The fourth-order valence-corrected chi connectivity index (χ4v) is 1.43. The van der Waals surface area contributed by atoms with Gasteiger partial charge in [0.2, 0.25) is 0 Å². The minimum absolute atomic E-state index is 0.125. The molecule has 16 heavy (non-hydrogen) atoms. The Morgan fingerprint density at radius 1 is 1.50 bits per heavy atom. The highest BCUT2D eigenvalue weighted by molar-refractivity contribution is 5.73. The zero-order chi connectivity index (χ0) is 12.5. The number of aromatic nitrogens is 2. The van der Waals surface area contributed by atoms with E-state index in [0.717, 1.165) is 5.69 Å². The van der Waals surface area contributed by atoms with Crippen molar-refractivity contribution in [3.63, 3.8) is 0 Å². The van der Waals surface area contributed by atoms with E-state index in [1.165, 1.54) is 4.57 Å². The van der Waals surface area contributed by atoms with Crippen molar-refractivity contribution in [1.29, 1.82) is 0 Å². The van der Waals surface area contributed by atoms with Crippen LogP contribution in [-0.4, -0.2) is 20.6 Å². The number of aryl methyl sites for hydroxylation is 2. The summed E-state index contributed by atoms with van der Waals surface area (Å²) in [6, 6.07) is 1.76. The summed E-state index contributed by atoms with van der Waals surface area (Å²) in [7, 11) is 0. The number of carbonyl (C=O) groups is 1. The molecule has 0 aliphatic rings. The summed E-state index contributed by atoms with van der Waals surface area (Å²) in [6.45, 7) is 6.80. The highest BCUT2D eigenvalue weighted by Crippen LogP contribution is 2.18. The number of hydrogen-bond donors (Lipinski definition) is 1. The van der Waals surface area contributed by atoms with E-state index in [4.69, 9.17) is 5.11 Å². The van der Waals surface area contributed by atoms with Crippen LogP contribution in [0.3, 0.4) is 0 Å². The lowest BCUT2D eigenvalue weighted by atomic mass is 9.93. The Balaban J connectivity index is 3.17. The van der Waals surface area contributed by atoms with E-state index in [-0.39, 0.29) is 6.54 Å². The van der Waals surface area contributed by atoms with E-state index < -0.39 is 17.1 Å². The summed E-state index contributed by atoms with van der Waals surface area (Å²) < 4.78 is 1.39. The maximum Gasteiger partial charge on any atom is 0.347 e. The van der Waals surface area contributed by atoms with E-state index in [1.54, 1.807) is 33.8 Å². The molecule has 5 nitrogen and oxygen atoms in total. The molecule has 0 atom stereocenters. The summed E-state index contributed by atoms with van der Waals surface area (Å²) in [4.78, 5) is 26.4. The van der Waals surface area contributed by atoms with Gasteiger partial charge in [0.15, 0.2) is 0 Å². The van der Waals surface area contributed by atoms with Crippen LogP contribution in [0.4, 0.5) is 0 Å². The van der Waals surface area contributed by atoms with Gasteiger partial charge in [0, 0.05) is 17.9 Å². The minimum Gasteiger partial charge on any atom is -0.481 e. The van der Waals surface area contributed by atoms with Crippen LogP contribution in [0.15, 0.2) is 10.9 Å². The molecule has 5 heteroatoms. The molecule has 0 aliphatic heterocycles. The first kappa shape index (κ1) is 12.4. The molecule has 0 saturated heterocycles. The van der Waals surface area contributed by atoms with Crippen molar-refractivity contribution in [3.8, 4) is 0 Å². The summed E-state index contributed by atoms with van der Waals surface area (Å²) >= 11 is 0. The van der Waals surface area contributed by atoms with Gasteiger partial charge in [-0.05, 0) is 33.8 Å². The molecule has 0 radical (unpaired) electrons. The Morgan fingerprint density at radius 2 is 2.06 bits per heavy atom. The average molecular weight is 224 g/mol. The van der Waals surface area contributed by atoms with E-state index in [0.29, 0.717) is 5.69 Å². The average Bonchev–Trinajstić information content (AvgIpc) is 2.11. The first-order valence-corrected chi connectivity index (χ1v) is 5.02. The molecule has 1 aromatic rings. The molecule has 0 unspecified atom stereocenters. The molecule has 0 aromatic carbocycles. The van der Waals surface area contributed by atoms with Crippen molar-refractivity contribution in [2.75, 3.05) is 0 Å². The van der Waals surface area contributed by atoms with E-state index in [1.807, 2.05) is 0 Å². The van der Waals surface area contributed by atoms with Crippen molar-refractivity contribution in [2.24, 2.45) is 5.41 Å². The molecule has 0 spiro atoms. The maximum atomic E-state index is 11.6. The molecule has 88 valence electrons. The highest BCUT2D eigenvalue weighted by atomic mass is 16.4. The molecule has 0 saturated carbocycles. The van der Waals surface area contributed by atoms with Crippen molar-refractivity contribution in [2.45, 2.75) is 34.2 Å². The van der Waals surface area contributed by atoms with Gasteiger partial charge in [0.05, 0.1) is 5.41 Å². The van der Waals surface area contributed by atoms with Crippen molar-refractivity contribution in [1.82, 2.24) is 9.55 Å². The van der Waals surface area contributed by atoms with Crippen molar-refractivity contribution < 1.29 is 9.90 Å². The molecule has 0 aliphatic carbocycles. The number of nitrogens with zero attached hydrogens (tertiary/aromatic N) is 2. The van der Waals surface area contributed by atoms with Gasteiger partial charge >= 0.3 is 11.7 Å². The number of carboxylic acid groups (broad SMARTS) is 1. The van der Waals surface area contributed by atoms with Crippen LogP contribution in [-0.2, 0) is 11.3 Å². The second-order valence-corrected chi connectivity index (χ2v) is 4.60. The first-order valence-electron chi connectivity index (χ1n) is 5.02. The Kier molecular flexibility index (Phi) is 3.16. The molecule has 0 bridgehead atoms. The Morgan fingerprint density at radius 3 is 2.50 bits per heavy atom. The number of aliphatic carboxylic acids is 1. The van der Waals surface area contributed by atoms with Gasteiger partial charge in [0.1, 0.15) is 0 Å². The van der Waals surface area contributed by atoms with Gasteiger partial charge in [0.25, 0.3) is 0 Å². The zero-order valence-corrected chi connectivity index (χ0v) is 9.94. The normalized spacial score (nSPS) is 11.5. The minimum atomic E-state index is -0.981. The van der Waals surface area contributed by atoms with Gasteiger partial charge < -0.3 is 5.11 Å². The summed E-state index contributed by atoms with van der Waals surface area (Å²) in [6.07, 6.45) is 0. The lowest BCUT2D eigenvalue weighted by molar-refractivity contribution is -0.147. The zero-order valence-electron chi connectivity index (χ0n) is 9.94. The van der Waals surface area contributed by atoms with Crippen LogP contribution in [0.25, 0.3) is 0 Å². The van der Waals surface area contributed by atoms with Crippen molar-refractivity contribution in [3.05, 3.63) is 27.9 Å². The van der Waals surface area contributed by atoms with Gasteiger partial charge in [-0.3, -0.25) is 9.36 Å². The van der Waals surface area contributed by atoms with E-state index in [2.05, 4.69) is 4.98 Å². The van der Waals surface area contributed by atoms with E-state index in [9.17, 15) is 9.59 Å². The summed E-state index contributed by atoms with van der Waals surface area (Å²) in [5.74, 6) is -0.931. The molecule has 1 rings (SSSR count). The maximum absolute atomic E-state index is 11.6. The third-order valence-corrected chi connectivity index (χ3v) is 2.48. The third kappa shape index (κ3) is 2.48. The number of hydrogen-bond acceptors (Lipinski definition) is 3. The van der Waals surface area contributed by atoms with Gasteiger partial charge in [-0.2, -0.15) is 4.98 Å². The summed E-state index contributed by atoms with van der Waals surface area (Å²) in [5, 5.41) is 9.00. The quantitative estimate of drug-likeness (QED) is 0.830. The van der Waals surface area contributed by atoms with Crippen molar-refractivity contribution >= 4 is 5.97 Å². The molecule has 1 heterocycles. The van der Waals surface area contributed by atoms with Crippen LogP contribution in [0, 0.1) is 19.3 Å². The van der Waals surface area contributed by atoms with Crippen LogP contribution in [0.5, 0.6) is 0 Å². The monoisotopic (exact) mass is 224 g/mol. The molecule has 1 N–H and O–H groups in total. The third-order valence-electron chi connectivity index (χ3n) is 2.48. The van der Waals surface area contributed by atoms with Crippen LogP contribution >= 0.6 is 0 Å². The lowest BCUT2D eigenvalue weighted by Crippen LogP contribution is -2.36. The fraction of sp³-hybridized carbons (Fsp3) is 0.545. The molecule has 0 fully saturated rings.